The number of rotatable bonds is 4. The van der Waals surface area contributed by atoms with E-state index in [2.05, 4.69) is 16.1 Å². The molecule has 0 aromatic carbocycles. The molecule has 2 rings (SSSR count). The molecular weight excluding hydrogens is 218 g/mol. The van der Waals surface area contributed by atoms with Gasteiger partial charge in [-0.15, -0.1) is 0 Å². The number of likely N-dealkylation sites (tertiary alicyclic amines) is 1. The van der Waals surface area contributed by atoms with E-state index < -0.39 is 5.97 Å². The van der Waals surface area contributed by atoms with Gasteiger partial charge in [0.25, 0.3) is 0 Å². The van der Waals surface area contributed by atoms with Crippen molar-refractivity contribution in [2.75, 3.05) is 13.1 Å². The number of hydrogen-bond donors (Lipinski definition) is 1. The molecule has 1 atom stereocenters. The average molecular weight is 237 g/mol. The Morgan fingerprint density at radius 1 is 1.65 bits per heavy atom. The van der Waals surface area contributed by atoms with E-state index in [-0.39, 0.29) is 6.42 Å². The summed E-state index contributed by atoms with van der Waals surface area (Å²) in [6.07, 6.45) is 2.44. The number of aromatic nitrogens is 2. The van der Waals surface area contributed by atoms with Crippen LogP contribution in [0.25, 0.3) is 0 Å². The Kier molecular flexibility index (Phi) is 3.47. The zero-order valence-electron chi connectivity index (χ0n) is 10.4. The molecule has 1 N–H and O–H groups in total. The maximum Gasteiger partial charge on any atom is 0.304 e. The van der Waals surface area contributed by atoms with E-state index >= 15 is 0 Å². The number of carboxylic acid groups (broad SMARTS) is 1. The van der Waals surface area contributed by atoms with Crippen molar-refractivity contribution in [3.63, 3.8) is 0 Å². The summed E-state index contributed by atoms with van der Waals surface area (Å²) in [5, 5.41) is 13.1. The van der Waals surface area contributed by atoms with Gasteiger partial charge in [0.05, 0.1) is 23.9 Å². The second-order valence-electron chi connectivity index (χ2n) is 4.67. The van der Waals surface area contributed by atoms with Crippen LogP contribution < -0.4 is 0 Å². The molecule has 1 unspecified atom stereocenters. The molecule has 0 saturated carbocycles. The van der Waals surface area contributed by atoms with Crippen LogP contribution in [0.2, 0.25) is 0 Å². The molecule has 1 aliphatic rings. The van der Waals surface area contributed by atoms with Crippen molar-refractivity contribution in [2.45, 2.75) is 32.2 Å². The van der Waals surface area contributed by atoms with E-state index in [4.69, 9.17) is 5.11 Å². The first-order valence-electron chi connectivity index (χ1n) is 6.04. The van der Waals surface area contributed by atoms with Crippen LogP contribution in [0, 0.1) is 6.92 Å². The highest BCUT2D eigenvalue weighted by atomic mass is 16.4. The smallest absolute Gasteiger partial charge is 0.304 e. The van der Waals surface area contributed by atoms with Crippen molar-refractivity contribution in [2.24, 2.45) is 7.05 Å². The van der Waals surface area contributed by atoms with Gasteiger partial charge in [-0.1, -0.05) is 0 Å². The molecular formula is C12H19N3O2. The molecule has 0 spiro atoms. The minimum Gasteiger partial charge on any atom is -0.481 e. The number of carbonyl (C=O) groups is 1. The van der Waals surface area contributed by atoms with Gasteiger partial charge in [-0.2, -0.15) is 5.10 Å². The molecule has 1 saturated heterocycles. The van der Waals surface area contributed by atoms with Crippen LogP contribution in [0.5, 0.6) is 0 Å². The fourth-order valence-electron chi connectivity index (χ4n) is 2.61. The number of aliphatic carboxylic acids is 1. The summed E-state index contributed by atoms with van der Waals surface area (Å²) in [6, 6.07) is 2.43. The maximum atomic E-state index is 10.6. The summed E-state index contributed by atoms with van der Waals surface area (Å²) in [5.74, 6) is -0.725. The van der Waals surface area contributed by atoms with Crippen LogP contribution in [-0.2, 0) is 11.8 Å². The lowest BCUT2D eigenvalue weighted by atomic mass is 10.1. The molecule has 94 valence electrons. The lowest BCUT2D eigenvalue weighted by Crippen LogP contribution is -2.27. The van der Waals surface area contributed by atoms with E-state index in [0.717, 1.165) is 25.1 Å². The summed E-state index contributed by atoms with van der Waals surface area (Å²) < 4.78 is 1.92. The summed E-state index contributed by atoms with van der Waals surface area (Å²) >= 11 is 0. The second-order valence-corrected chi connectivity index (χ2v) is 4.67. The predicted octanol–water partition coefficient (Wildman–Crippen LogP) is 1.34. The number of carboxylic acids is 1. The van der Waals surface area contributed by atoms with Crippen LogP contribution >= 0.6 is 0 Å². The molecule has 1 fully saturated rings. The number of aryl methyl sites for hydroxylation is 2. The minimum atomic E-state index is -0.725. The molecule has 0 amide bonds. The third-order valence-corrected chi connectivity index (χ3v) is 3.36. The van der Waals surface area contributed by atoms with Crippen LogP contribution in [-0.4, -0.2) is 38.8 Å². The molecule has 0 bridgehead atoms. The van der Waals surface area contributed by atoms with Crippen LogP contribution in [0.3, 0.4) is 0 Å². The zero-order chi connectivity index (χ0) is 12.4. The molecule has 2 heterocycles. The Bertz CT molecular complexity index is 414. The van der Waals surface area contributed by atoms with E-state index in [1.54, 1.807) is 0 Å². The van der Waals surface area contributed by atoms with E-state index in [1.165, 1.54) is 5.69 Å². The molecule has 0 aliphatic carbocycles. The Morgan fingerprint density at radius 3 is 3.00 bits per heavy atom. The standard InChI is InChI=1S/C12H19N3O2/c1-9-8-11(14(2)13-9)10-4-3-6-15(10)7-5-12(16)17/h8,10H,3-7H2,1-2H3,(H,16,17). The topological polar surface area (TPSA) is 58.4 Å². The first-order chi connectivity index (χ1) is 8.08. The van der Waals surface area contributed by atoms with Crippen LogP contribution in [0.15, 0.2) is 6.07 Å². The molecule has 1 aliphatic heterocycles. The quantitative estimate of drug-likeness (QED) is 0.858. The molecule has 5 nitrogen and oxygen atoms in total. The van der Waals surface area contributed by atoms with Gasteiger partial charge in [0.1, 0.15) is 0 Å². The lowest BCUT2D eigenvalue weighted by molar-refractivity contribution is -0.137. The fraction of sp³-hybridized carbons (Fsp3) is 0.667. The Balaban J connectivity index is 2.08. The van der Waals surface area contributed by atoms with Crippen molar-refractivity contribution in [3.8, 4) is 0 Å². The van der Waals surface area contributed by atoms with Gasteiger partial charge in [-0.05, 0) is 32.4 Å². The van der Waals surface area contributed by atoms with Gasteiger partial charge in [-0.3, -0.25) is 14.4 Å². The van der Waals surface area contributed by atoms with Gasteiger partial charge >= 0.3 is 5.97 Å². The number of hydrogen-bond acceptors (Lipinski definition) is 3. The Morgan fingerprint density at radius 2 is 2.41 bits per heavy atom. The van der Waals surface area contributed by atoms with Crippen molar-refractivity contribution in [1.29, 1.82) is 0 Å². The first-order valence-corrected chi connectivity index (χ1v) is 6.04. The molecule has 0 radical (unpaired) electrons. The second kappa shape index (κ2) is 4.87. The molecule has 1 aromatic heterocycles. The van der Waals surface area contributed by atoms with Crippen LogP contribution in [0.1, 0.15) is 36.7 Å². The Labute approximate surface area is 101 Å². The van der Waals surface area contributed by atoms with Crippen molar-refractivity contribution >= 4 is 5.97 Å². The highest BCUT2D eigenvalue weighted by molar-refractivity contribution is 5.66. The van der Waals surface area contributed by atoms with Crippen LogP contribution in [0.4, 0.5) is 0 Å². The largest absolute Gasteiger partial charge is 0.481 e. The summed E-state index contributed by atoms with van der Waals surface area (Å²) in [5.41, 5.74) is 2.22. The fourth-order valence-corrected chi connectivity index (χ4v) is 2.61. The Hall–Kier alpha value is -1.36. The molecule has 1 aromatic rings. The monoisotopic (exact) mass is 237 g/mol. The SMILES string of the molecule is Cc1cc(C2CCCN2CCC(=O)O)n(C)n1. The highest BCUT2D eigenvalue weighted by Gasteiger charge is 2.28. The lowest BCUT2D eigenvalue weighted by Gasteiger charge is -2.23. The average Bonchev–Trinajstić information content (AvgIpc) is 2.81. The summed E-state index contributed by atoms with van der Waals surface area (Å²) in [7, 11) is 1.95. The summed E-state index contributed by atoms with van der Waals surface area (Å²) in [4.78, 5) is 12.9. The van der Waals surface area contributed by atoms with Gasteiger partial charge in [0.2, 0.25) is 0 Å². The normalized spacial score (nSPS) is 20.9. The molecule has 5 heteroatoms. The van der Waals surface area contributed by atoms with Gasteiger partial charge in [-0.25, -0.2) is 0 Å². The van der Waals surface area contributed by atoms with E-state index in [9.17, 15) is 4.79 Å². The van der Waals surface area contributed by atoms with Crippen molar-refractivity contribution < 1.29 is 9.90 Å². The highest BCUT2D eigenvalue weighted by Crippen LogP contribution is 2.31. The predicted molar refractivity (Wildman–Crippen MR) is 63.7 cm³/mol. The third kappa shape index (κ3) is 2.66. The van der Waals surface area contributed by atoms with E-state index in [0.29, 0.717) is 12.6 Å². The zero-order valence-corrected chi connectivity index (χ0v) is 10.4. The maximum absolute atomic E-state index is 10.6. The van der Waals surface area contributed by atoms with Crippen molar-refractivity contribution in [1.82, 2.24) is 14.7 Å². The molecule has 17 heavy (non-hydrogen) atoms. The van der Waals surface area contributed by atoms with Gasteiger partial charge in [0, 0.05) is 13.6 Å². The third-order valence-electron chi connectivity index (χ3n) is 3.36. The number of nitrogens with zero attached hydrogens (tertiary/aromatic N) is 3. The minimum absolute atomic E-state index is 0.216. The van der Waals surface area contributed by atoms with E-state index in [1.807, 2.05) is 18.7 Å². The van der Waals surface area contributed by atoms with Gasteiger partial charge < -0.3 is 5.11 Å². The summed E-state index contributed by atoms with van der Waals surface area (Å²) in [6.45, 7) is 3.60. The van der Waals surface area contributed by atoms with Crippen molar-refractivity contribution in [3.05, 3.63) is 17.5 Å². The first kappa shape index (κ1) is 12.1. The van der Waals surface area contributed by atoms with Gasteiger partial charge in [0.15, 0.2) is 0 Å².